The van der Waals surface area contributed by atoms with Crippen LogP contribution in [0.1, 0.15) is 31.2 Å². The first kappa shape index (κ1) is 25.4. The number of rotatable bonds is 6. The molecule has 0 fully saturated rings. The fourth-order valence-electron chi connectivity index (χ4n) is 4.21. The van der Waals surface area contributed by atoms with Crippen molar-refractivity contribution in [1.82, 2.24) is 4.57 Å². The number of ether oxygens (including phenoxy) is 1. The number of non-ortho nitro benzene ring substituents is 1. The summed E-state index contributed by atoms with van der Waals surface area (Å²) in [5, 5.41) is 11.4. The summed E-state index contributed by atoms with van der Waals surface area (Å²) in [5.74, 6) is 0.383. The van der Waals surface area contributed by atoms with Crippen LogP contribution in [0, 0.1) is 10.1 Å². The first-order valence-electron chi connectivity index (χ1n) is 11.6. The first-order chi connectivity index (χ1) is 18.3. The molecule has 38 heavy (non-hydrogen) atoms. The van der Waals surface area contributed by atoms with Crippen LogP contribution < -0.4 is 14.9 Å². The molecule has 0 bridgehead atoms. The molecule has 0 saturated heterocycles. The lowest BCUT2D eigenvalue weighted by atomic mass is 9.96. The number of nitrogens with zero attached hydrogens (tertiary/aromatic N) is 3. The molecule has 1 aliphatic rings. The molecule has 5 rings (SSSR count). The second-order valence-electron chi connectivity index (χ2n) is 8.36. The van der Waals surface area contributed by atoms with Gasteiger partial charge >= 0.3 is 5.97 Å². The van der Waals surface area contributed by atoms with Crippen molar-refractivity contribution >= 4 is 40.7 Å². The van der Waals surface area contributed by atoms with Gasteiger partial charge in [-0.05, 0) is 55.8 Å². The van der Waals surface area contributed by atoms with Crippen molar-refractivity contribution in [2.45, 2.75) is 19.9 Å². The number of benzene rings is 2. The number of halogens is 1. The maximum atomic E-state index is 13.7. The van der Waals surface area contributed by atoms with Gasteiger partial charge in [-0.2, -0.15) is 0 Å². The molecule has 0 saturated carbocycles. The maximum absolute atomic E-state index is 13.7. The molecule has 192 valence electrons. The van der Waals surface area contributed by atoms with Gasteiger partial charge < -0.3 is 9.15 Å². The summed E-state index contributed by atoms with van der Waals surface area (Å²) in [7, 11) is 0. The first-order valence-corrected chi connectivity index (χ1v) is 12.8. The lowest BCUT2D eigenvalue weighted by molar-refractivity contribution is -0.384. The van der Waals surface area contributed by atoms with Crippen molar-refractivity contribution in [3.63, 3.8) is 0 Å². The van der Waals surface area contributed by atoms with Gasteiger partial charge in [0.05, 0.1) is 33.4 Å². The number of fused-ring (bicyclic) bond motifs is 1. The van der Waals surface area contributed by atoms with E-state index in [-0.39, 0.29) is 23.4 Å². The molecule has 0 aliphatic carbocycles. The Kier molecular flexibility index (Phi) is 6.83. The van der Waals surface area contributed by atoms with E-state index in [1.165, 1.54) is 28.0 Å². The van der Waals surface area contributed by atoms with Gasteiger partial charge in [0.25, 0.3) is 11.2 Å². The minimum atomic E-state index is -0.739. The molecule has 9 nitrogen and oxygen atoms in total. The molecule has 0 unspecified atom stereocenters. The number of carbonyl (C=O) groups is 1. The van der Waals surface area contributed by atoms with Crippen molar-refractivity contribution in [3.05, 3.63) is 118 Å². The second kappa shape index (κ2) is 10.2. The molecular weight excluding hydrogens is 530 g/mol. The van der Waals surface area contributed by atoms with Crippen LogP contribution in [-0.4, -0.2) is 22.1 Å². The Morgan fingerprint density at radius 1 is 1.18 bits per heavy atom. The lowest BCUT2D eigenvalue weighted by Gasteiger charge is -2.24. The molecule has 2 aromatic heterocycles. The summed E-state index contributed by atoms with van der Waals surface area (Å²) in [5.41, 5.74) is 1.75. The standard InChI is InChI=1S/C27H20ClN3O6S/c1-3-36-26(33)23-15(2)29-27-30(24(23)17-4-8-18(28)9-5-17)25(32)22(38-27)14-20-12-13-21(37-20)16-6-10-19(11-7-16)31(34)35/h4-14,24H,3H2,1-2H3/b22-14-/t24-/m1/s1. The lowest BCUT2D eigenvalue weighted by Crippen LogP contribution is -2.39. The highest BCUT2D eigenvalue weighted by atomic mass is 35.5. The Hall–Kier alpha value is -4.28. The number of aromatic nitrogens is 1. The fraction of sp³-hybridized carbons (Fsp3) is 0.148. The predicted octanol–water partition coefficient (Wildman–Crippen LogP) is 4.62. The second-order valence-corrected chi connectivity index (χ2v) is 9.81. The van der Waals surface area contributed by atoms with Gasteiger partial charge in [-0.25, -0.2) is 9.79 Å². The van der Waals surface area contributed by atoms with E-state index in [1.807, 2.05) is 0 Å². The van der Waals surface area contributed by atoms with Crippen LogP contribution in [0.25, 0.3) is 17.4 Å². The van der Waals surface area contributed by atoms with Gasteiger partial charge in [0.2, 0.25) is 0 Å². The third-order valence-electron chi connectivity index (χ3n) is 5.97. The molecule has 0 amide bonds. The molecule has 4 aromatic rings. The topological polar surface area (TPSA) is 117 Å². The number of nitro benzene ring substituents is 1. The smallest absolute Gasteiger partial charge is 0.338 e. The summed E-state index contributed by atoms with van der Waals surface area (Å²) in [6.45, 7) is 3.62. The molecule has 0 N–H and O–H groups in total. The van der Waals surface area contributed by atoms with Crippen LogP contribution in [0.3, 0.4) is 0 Å². The van der Waals surface area contributed by atoms with Crippen LogP contribution >= 0.6 is 22.9 Å². The van der Waals surface area contributed by atoms with E-state index < -0.39 is 16.9 Å². The van der Waals surface area contributed by atoms with E-state index in [2.05, 4.69) is 4.99 Å². The number of allylic oxidation sites excluding steroid dienone is 1. The summed E-state index contributed by atoms with van der Waals surface area (Å²) < 4.78 is 13.0. The van der Waals surface area contributed by atoms with Crippen LogP contribution in [0.4, 0.5) is 5.69 Å². The quantitative estimate of drug-likeness (QED) is 0.197. The molecule has 1 atom stereocenters. The number of carbonyl (C=O) groups excluding carboxylic acids is 1. The predicted molar refractivity (Wildman–Crippen MR) is 143 cm³/mol. The SMILES string of the molecule is CCOC(=O)C1=C(C)N=c2s/c(=C\c3ccc(-c4ccc([N+](=O)[O-])cc4)o3)c(=O)n2[C@@H]1c1ccc(Cl)cc1. The highest BCUT2D eigenvalue weighted by molar-refractivity contribution is 7.07. The normalized spacial score (nSPS) is 15.2. The van der Waals surface area contributed by atoms with Crippen LogP contribution in [0.5, 0.6) is 0 Å². The Bertz CT molecular complexity index is 1760. The largest absolute Gasteiger partial charge is 0.463 e. The minimum absolute atomic E-state index is 0.0191. The van der Waals surface area contributed by atoms with Crippen LogP contribution in [0.2, 0.25) is 5.02 Å². The zero-order valence-corrected chi connectivity index (χ0v) is 21.8. The van der Waals surface area contributed by atoms with Crippen molar-refractivity contribution in [1.29, 1.82) is 0 Å². The number of hydrogen-bond donors (Lipinski definition) is 0. The number of furan rings is 1. The minimum Gasteiger partial charge on any atom is -0.463 e. The summed E-state index contributed by atoms with van der Waals surface area (Å²) in [6.07, 6.45) is 1.61. The number of thiazole rings is 1. The average Bonchev–Trinajstić information content (AvgIpc) is 3.48. The van der Waals surface area contributed by atoms with Gasteiger partial charge in [-0.15, -0.1) is 0 Å². The average molecular weight is 550 g/mol. The van der Waals surface area contributed by atoms with Gasteiger partial charge in [0.1, 0.15) is 11.5 Å². The zero-order chi connectivity index (χ0) is 27.0. The Balaban J connectivity index is 1.59. The molecule has 0 spiro atoms. The Morgan fingerprint density at radius 2 is 1.89 bits per heavy atom. The highest BCUT2D eigenvalue weighted by Gasteiger charge is 2.33. The van der Waals surface area contributed by atoms with Crippen molar-refractivity contribution in [3.8, 4) is 11.3 Å². The summed E-state index contributed by atoms with van der Waals surface area (Å²) in [4.78, 5) is 42.0. The third kappa shape index (κ3) is 4.71. The summed E-state index contributed by atoms with van der Waals surface area (Å²) in [6, 6.07) is 15.6. The summed E-state index contributed by atoms with van der Waals surface area (Å²) >= 11 is 7.27. The van der Waals surface area contributed by atoms with Crippen LogP contribution in [0.15, 0.2) is 86.1 Å². The van der Waals surface area contributed by atoms with Gasteiger partial charge in [-0.1, -0.05) is 35.1 Å². The molecule has 0 radical (unpaired) electrons. The highest BCUT2D eigenvalue weighted by Crippen LogP contribution is 2.31. The van der Waals surface area contributed by atoms with E-state index in [4.69, 9.17) is 20.8 Å². The molecule has 1 aliphatic heterocycles. The fourth-order valence-corrected chi connectivity index (χ4v) is 5.37. The number of esters is 1. The number of hydrogen-bond acceptors (Lipinski definition) is 8. The van der Waals surface area contributed by atoms with Crippen LogP contribution in [-0.2, 0) is 9.53 Å². The monoisotopic (exact) mass is 549 g/mol. The molecular formula is C27H20ClN3O6S. The van der Waals surface area contributed by atoms with Crippen molar-refractivity contribution < 1.29 is 18.9 Å². The molecule has 2 aromatic carbocycles. The molecule has 3 heterocycles. The zero-order valence-electron chi connectivity index (χ0n) is 20.2. The van der Waals surface area contributed by atoms with E-state index in [0.717, 1.165) is 0 Å². The van der Waals surface area contributed by atoms with E-state index >= 15 is 0 Å². The third-order valence-corrected chi connectivity index (χ3v) is 7.20. The Morgan fingerprint density at radius 3 is 2.55 bits per heavy atom. The van der Waals surface area contributed by atoms with Gasteiger partial charge in [0.15, 0.2) is 4.80 Å². The Labute approximate surface area is 224 Å². The molecule has 11 heteroatoms. The van der Waals surface area contributed by atoms with E-state index in [9.17, 15) is 19.7 Å². The maximum Gasteiger partial charge on any atom is 0.338 e. The van der Waals surface area contributed by atoms with Gasteiger partial charge in [0, 0.05) is 28.8 Å². The van der Waals surface area contributed by atoms with Gasteiger partial charge in [-0.3, -0.25) is 19.5 Å². The number of nitro groups is 1. The van der Waals surface area contributed by atoms with E-state index in [1.54, 1.807) is 68.5 Å². The van der Waals surface area contributed by atoms with Crippen molar-refractivity contribution in [2.75, 3.05) is 6.61 Å². The van der Waals surface area contributed by atoms with E-state index in [0.29, 0.717) is 42.7 Å². The van der Waals surface area contributed by atoms with Crippen molar-refractivity contribution in [2.24, 2.45) is 4.99 Å².